The molecule has 1 aliphatic rings. The fourth-order valence-corrected chi connectivity index (χ4v) is 3.16. The van der Waals surface area contributed by atoms with Gasteiger partial charge in [0.05, 0.1) is 57.4 Å². The fraction of sp³-hybridized carbons (Fsp3) is 0.636. The van der Waals surface area contributed by atoms with Gasteiger partial charge in [-0.05, 0) is 0 Å². The number of aliphatic hydroxyl groups is 2. The molecule has 0 aromatic carbocycles. The first-order valence-corrected chi connectivity index (χ1v) is 10.0. The molecule has 2 rings (SSSR count). The largest absolute Gasteiger partial charge is 0.394 e. The van der Waals surface area contributed by atoms with Gasteiger partial charge in [0.2, 0.25) is 0 Å². The standard InChI is InChI=1S/C22H29N3O7/c1-4-7-28-14-22(15-29-8-5-2,16-30-9-6-3)17-31-13-18-11-25(24-23-18)21-10-19(27)20(12-26)32-21/h1-3,11,19-21,26-27H,7-10,12-17H2/t19-,20-,21-/m1/s1. The Morgan fingerprint density at radius 2 is 1.59 bits per heavy atom. The van der Waals surface area contributed by atoms with Gasteiger partial charge in [-0.15, -0.1) is 24.4 Å². The average molecular weight is 447 g/mol. The van der Waals surface area contributed by atoms with Crippen LogP contribution in [-0.2, 0) is 30.3 Å². The van der Waals surface area contributed by atoms with Crippen molar-refractivity contribution in [3.8, 4) is 37.0 Å². The summed E-state index contributed by atoms with van der Waals surface area (Å²) in [5.74, 6) is 7.26. The third-order valence-corrected chi connectivity index (χ3v) is 4.68. The Balaban J connectivity index is 1.97. The molecule has 1 aliphatic heterocycles. The highest BCUT2D eigenvalue weighted by Gasteiger charge is 2.35. The van der Waals surface area contributed by atoms with Gasteiger partial charge in [0.1, 0.15) is 31.6 Å². The smallest absolute Gasteiger partial charge is 0.155 e. The van der Waals surface area contributed by atoms with Crippen LogP contribution in [0.2, 0.25) is 0 Å². The van der Waals surface area contributed by atoms with Gasteiger partial charge in [0, 0.05) is 6.42 Å². The number of ether oxygens (including phenoxy) is 5. The van der Waals surface area contributed by atoms with Gasteiger partial charge in [-0.25, -0.2) is 4.68 Å². The van der Waals surface area contributed by atoms with Crippen molar-refractivity contribution in [1.29, 1.82) is 0 Å². The van der Waals surface area contributed by atoms with Crippen molar-refractivity contribution in [3.63, 3.8) is 0 Å². The summed E-state index contributed by atoms with van der Waals surface area (Å²) >= 11 is 0. The number of terminal acetylenes is 3. The van der Waals surface area contributed by atoms with E-state index in [2.05, 4.69) is 28.1 Å². The number of rotatable bonds is 15. The molecule has 2 N–H and O–H groups in total. The van der Waals surface area contributed by atoms with E-state index in [9.17, 15) is 10.2 Å². The highest BCUT2D eigenvalue weighted by molar-refractivity contribution is 4.93. The molecule has 1 fully saturated rings. The maximum atomic E-state index is 9.88. The van der Waals surface area contributed by atoms with Gasteiger partial charge >= 0.3 is 0 Å². The second-order valence-electron chi connectivity index (χ2n) is 7.39. The molecular formula is C22H29N3O7. The van der Waals surface area contributed by atoms with Crippen molar-refractivity contribution in [2.75, 3.05) is 52.9 Å². The molecule has 0 amide bonds. The molecule has 1 saturated heterocycles. The zero-order chi connectivity index (χ0) is 23.2. The van der Waals surface area contributed by atoms with Crippen LogP contribution < -0.4 is 0 Å². The monoisotopic (exact) mass is 447 g/mol. The molecule has 1 aromatic heterocycles. The molecule has 0 saturated carbocycles. The second-order valence-corrected chi connectivity index (χ2v) is 7.39. The summed E-state index contributed by atoms with van der Waals surface area (Å²) in [5.41, 5.74) is -0.129. The van der Waals surface area contributed by atoms with E-state index in [0.717, 1.165) is 0 Å². The molecule has 0 unspecified atom stereocenters. The molecule has 10 heteroatoms. The Bertz CT molecular complexity index is 757. The van der Waals surface area contributed by atoms with E-state index in [-0.39, 0.29) is 59.5 Å². The van der Waals surface area contributed by atoms with Crippen molar-refractivity contribution >= 4 is 0 Å². The Labute approximate surface area is 188 Å². The summed E-state index contributed by atoms with van der Waals surface area (Å²) < 4.78 is 29.6. The minimum absolute atomic E-state index is 0.127. The average Bonchev–Trinajstić information content (AvgIpc) is 3.40. The van der Waals surface area contributed by atoms with Gasteiger partial charge in [-0.1, -0.05) is 23.0 Å². The lowest BCUT2D eigenvalue weighted by Gasteiger charge is -2.32. The SMILES string of the molecule is C#CCOCC(COCC#C)(COCC#C)COCc1cn([C@H]2C[C@@H](O)[C@@H](CO)O2)nn1. The van der Waals surface area contributed by atoms with Crippen LogP contribution in [0.3, 0.4) is 0 Å². The van der Waals surface area contributed by atoms with Crippen LogP contribution in [0.1, 0.15) is 18.3 Å². The van der Waals surface area contributed by atoms with E-state index in [0.29, 0.717) is 12.1 Å². The van der Waals surface area contributed by atoms with Crippen molar-refractivity contribution in [2.45, 2.75) is 31.5 Å². The van der Waals surface area contributed by atoms with Crippen LogP contribution in [0.5, 0.6) is 0 Å². The van der Waals surface area contributed by atoms with E-state index in [4.69, 9.17) is 43.0 Å². The number of aliphatic hydroxyl groups excluding tert-OH is 2. The van der Waals surface area contributed by atoms with Crippen molar-refractivity contribution in [3.05, 3.63) is 11.9 Å². The Hall–Kier alpha value is -2.46. The van der Waals surface area contributed by atoms with Crippen molar-refractivity contribution < 1.29 is 33.9 Å². The lowest BCUT2D eigenvalue weighted by Crippen LogP contribution is -2.42. The second kappa shape index (κ2) is 13.8. The maximum Gasteiger partial charge on any atom is 0.155 e. The van der Waals surface area contributed by atoms with Crippen LogP contribution in [0.4, 0.5) is 0 Å². The molecule has 32 heavy (non-hydrogen) atoms. The molecule has 0 aliphatic carbocycles. The van der Waals surface area contributed by atoms with Crippen LogP contribution >= 0.6 is 0 Å². The maximum absolute atomic E-state index is 9.88. The molecule has 10 nitrogen and oxygen atoms in total. The van der Waals surface area contributed by atoms with E-state index in [1.165, 1.54) is 4.68 Å². The highest BCUT2D eigenvalue weighted by atomic mass is 16.5. The molecule has 0 spiro atoms. The normalized spacial score (nSPS) is 20.5. The summed E-state index contributed by atoms with van der Waals surface area (Å²) in [5, 5.41) is 27.2. The Morgan fingerprint density at radius 3 is 2.09 bits per heavy atom. The predicted molar refractivity (Wildman–Crippen MR) is 113 cm³/mol. The lowest BCUT2D eigenvalue weighted by atomic mass is 9.92. The van der Waals surface area contributed by atoms with Gasteiger partial charge in [0.25, 0.3) is 0 Å². The molecule has 1 aromatic rings. The quantitative estimate of drug-likeness (QED) is 0.268. The minimum Gasteiger partial charge on any atom is -0.394 e. The van der Waals surface area contributed by atoms with E-state index in [1.807, 2.05) is 0 Å². The summed E-state index contributed by atoms with van der Waals surface area (Å²) in [4.78, 5) is 0. The van der Waals surface area contributed by atoms with Gasteiger partial charge in [-0.3, -0.25) is 0 Å². The van der Waals surface area contributed by atoms with Crippen LogP contribution in [-0.4, -0.2) is 90.3 Å². The Morgan fingerprint density at radius 1 is 1.03 bits per heavy atom. The molecule has 3 atom stereocenters. The molecular weight excluding hydrogens is 418 g/mol. The van der Waals surface area contributed by atoms with Crippen LogP contribution in [0.25, 0.3) is 0 Å². The summed E-state index contributed by atoms with van der Waals surface area (Å²) in [6.45, 7) is 1.12. The summed E-state index contributed by atoms with van der Waals surface area (Å²) in [6.07, 6.45) is 15.9. The topological polar surface area (TPSA) is 117 Å². The first-order valence-electron chi connectivity index (χ1n) is 10.0. The zero-order valence-corrected chi connectivity index (χ0v) is 17.9. The zero-order valence-electron chi connectivity index (χ0n) is 17.9. The van der Waals surface area contributed by atoms with Gasteiger partial charge < -0.3 is 33.9 Å². The van der Waals surface area contributed by atoms with Gasteiger partial charge in [0.15, 0.2) is 6.23 Å². The van der Waals surface area contributed by atoms with Crippen molar-refractivity contribution in [1.82, 2.24) is 15.0 Å². The number of hydrogen-bond donors (Lipinski definition) is 2. The molecule has 2 heterocycles. The predicted octanol–water partition coefficient (Wildman–Crippen LogP) is -0.629. The fourth-order valence-electron chi connectivity index (χ4n) is 3.16. The van der Waals surface area contributed by atoms with Crippen LogP contribution in [0.15, 0.2) is 6.20 Å². The van der Waals surface area contributed by atoms with Crippen molar-refractivity contribution in [2.24, 2.45) is 5.41 Å². The van der Waals surface area contributed by atoms with E-state index < -0.39 is 23.9 Å². The lowest BCUT2D eigenvalue weighted by molar-refractivity contribution is -0.0993. The molecule has 174 valence electrons. The van der Waals surface area contributed by atoms with Crippen LogP contribution in [0, 0.1) is 42.4 Å². The number of nitrogens with zero attached hydrogens (tertiary/aromatic N) is 3. The first-order chi connectivity index (χ1) is 15.6. The third-order valence-electron chi connectivity index (χ3n) is 4.68. The Kier molecular flexibility index (Phi) is 11.2. The summed E-state index contributed by atoms with van der Waals surface area (Å²) in [7, 11) is 0. The van der Waals surface area contributed by atoms with E-state index >= 15 is 0 Å². The molecule has 0 bridgehead atoms. The summed E-state index contributed by atoms with van der Waals surface area (Å²) in [6, 6.07) is 0. The highest BCUT2D eigenvalue weighted by Crippen LogP contribution is 2.28. The first kappa shape index (κ1) is 25.8. The number of aromatic nitrogens is 3. The third kappa shape index (κ3) is 7.90. The molecule has 0 radical (unpaired) electrons. The number of hydrogen-bond acceptors (Lipinski definition) is 9. The van der Waals surface area contributed by atoms with Gasteiger partial charge in [-0.2, -0.15) is 0 Å². The minimum atomic E-state index is -0.761. The van der Waals surface area contributed by atoms with E-state index in [1.54, 1.807) is 6.20 Å².